The molecule has 1 aliphatic carbocycles. The number of nitrogens with zero attached hydrogens (tertiary/aromatic N) is 1. The minimum Gasteiger partial charge on any atom is -0.382 e. The molecule has 1 saturated carbocycles. The Balaban J connectivity index is 1.71. The zero-order valence-corrected chi connectivity index (χ0v) is 13.2. The molecule has 0 spiro atoms. The van der Waals surface area contributed by atoms with Crippen LogP contribution in [0.5, 0.6) is 0 Å². The van der Waals surface area contributed by atoms with E-state index in [9.17, 15) is 0 Å². The Morgan fingerprint density at radius 3 is 2.62 bits per heavy atom. The van der Waals surface area contributed by atoms with Gasteiger partial charge in [0, 0.05) is 33.4 Å². The highest BCUT2D eigenvalue weighted by molar-refractivity contribution is 5.79. The monoisotopic (exact) mass is 289 g/mol. The number of aliphatic imine (C=N–C) groups is 1. The lowest BCUT2D eigenvalue weighted by molar-refractivity contribution is 0.128. The predicted octanol–water partition coefficient (Wildman–Crippen LogP) is 2.56. The Morgan fingerprint density at radius 1 is 1.24 bits per heavy atom. The Morgan fingerprint density at radius 2 is 2.00 bits per heavy atom. The second kappa shape index (κ2) is 8.03. The summed E-state index contributed by atoms with van der Waals surface area (Å²) in [4.78, 5) is 4.29. The molecule has 0 atom stereocenters. The van der Waals surface area contributed by atoms with Crippen LogP contribution in [-0.4, -0.2) is 32.8 Å². The number of benzene rings is 1. The summed E-state index contributed by atoms with van der Waals surface area (Å²) in [6.07, 6.45) is 3.73. The van der Waals surface area contributed by atoms with Gasteiger partial charge in [0.05, 0.1) is 0 Å². The van der Waals surface area contributed by atoms with Crippen molar-refractivity contribution in [3.63, 3.8) is 0 Å². The number of nitrogens with one attached hydrogen (secondary N) is 2. The number of hydrogen-bond acceptors (Lipinski definition) is 2. The van der Waals surface area contributed by atoms with Crippen molar-refractivity contribution in [2.45, 2.75) is 32.7 Å². The van der Waals surface area contributed by atoms with Gasteiger partial charge in [0.2, 0.25) is 0 Å². The topological polar surface area (TPSA) is 45.6 Å². The highest BCUT2D eigenvalue weighted by atomic mass is 16.5. The van der Waals surface area contributed by atoms with Gasteiger partial charge in [-0.05, 0) is 37.2 Å². The van der Waals surface area contributed by atoms with Crippen molar-refractivity contribution in [1.82, 2.24) is 10.6 Å². The summed E-state index contributed by atoms with van der Waals surface area (Å²) in [5.74, 6) is 0.876. The van der Waals surface area contributed by atoms with E-state index in [0.717, 1.165) is 38.7 Å². The molecule has 1 fully saturated rings. The van der Waals surface area contributed by atoms with E-state index in [1.54, 1.807) is 0 Å². The van der Waals surface area contributed by atoms with Crippen LogP contribution in [0.15, 0.2) is 35.3 Å². The van der Waals surface area contributed by atoms with Crippen molar-refractivity contribution in [2.24, 2.45) is 10.4 Å². The first kappa shape index (κ1) is 15.8. The maximum Gasteiger partial charge on any atom is 0.191 e. The molecule has 0 aromatic heterocycles. The standard InChI is InChI=1S/C17H27N3O/c1-3-21-12-11-17(9-10-17)14-20-16(18-2)19-13-15-7-5-4-6-8-15/h4-8H,3,9-14H2,1-2H3,(H2,18,19,20). The molecule has 1 aromatic rings. The van der Waals surface area contributed by atoms with Gasteiger partial charge in [-0.1, -0.05) is 30.3 Å². The third-order valence-electron chi connectivity index (χ3n) is 4.10. The lowest BCUT2D eigenvalue weighted by Gasteiger charge is -2.18. The molecule has 1 aliphatic rings. The molecule has 116 valence electrons. The Kier molecular flexibility index (Phi) is 6.05. The van der Waals surface area contributed by atoms with E-state index in [2.05, 4.69) is 39.9 Å². The van der Waals surface area contributed by atoms with Gasteiger partial charge in [-0.15, -0.1) is 0 Å². The molecule has 2 N–H and O–H groups in total. The van der Waals surface area contributed by atoms with Gasteiger partial charge < -0.3 is 15.4 Å². The lowest BCUT2D eigenvalue weighted by atomic mass is 10.0. The van der Waals surface area contributed by atoms with Gasteiger partial charge in [0.15, 0.2) is 5.96 Å². The second-order valence-electron chi connectivity index (χ2n) is 5.71. The maximum atomic E-state index is 5.47. The average molecular weight is 289 g/mol. The van der Waals surface area contributed by atoms with Crippen LogP contribution in [-0.2, 0) is 11.3 Å². The molecule has 0 saturated heterocycles. The van der Waals surface area contributed by atoms with E-state index in [4.69, 9.17) is 4.74 Å². The van der Waals surface area contributed by atoms with E-state index in [0.29, 0.717) is 5.41 Å². The molecular formula is C17H27N3O. The molecule has 4 nitrogen and oxygen atoms in total. The molecule has 0 amide bonds. The van der Waals surface area contributed by atoms with E-state index in [-0.39, 0.29) is 0 Å². The molecule has 4 heteroatoms. The molecular weight excluding hydrogens is 262 g/mol. The van der Waals surface area contributed by atoms with Crippen LogP contribution in [0.25, 0.3) is 0 Å². The van der Waals surface area contributed by atoms with Gasteiger partial charge in [0.25, 0.3) is 0 Å². The summed E-state index contributed by atoms with van der Waals surface area (Å²) in [5, 5.41) is 6.81. The minimum atomic E-state index is 0.430. The molecule has 0 bridgehead atoms. The fourth-order valence-corrected chi connectivity index (χ4v) is 2.40. The van der Waals surface area contributed by atoms with Crippen LogP contribution in [0.1, 0.15) is 31.7 Å². The van der Waals surface area contributed by atoms with Crippen molar-refractivity contribution < 1.29 is 4.74 Å². The second-order valence-corrected chi connectivity index (χ2v) is 5.71. The van der Waals surface area contributed by atoms with Crippen LogP contribution in [0, 0.1) is 5.41 Å². The van der Waals surface area contributed by atoms with Crippen LogP contribution in [0.4, 0.5) is 0 Å². The van der Waals surface area contributed by atoms with Gasteiger partial charge in [-0.25, -0.2) is 0 Å². The van der Waals surface area contributed by atoms with Crippen LogP contribution < -0.4 is 10.6 Å². The first-order valence-corrected chi connectivity index (χ1v) is 7.84. The molecule has 0 unspecified atom stereocenters. The average Bonchev–Trinajstić information content (AvgIpc) is 3.29. The highest BCUT2D eigenvalue weighted by Crippen LogP contribution is 2.48. The van der Waals surface area contributed by atoms with Crippen LogP contribution in [0.3, 0.4) is 0 Å². The summed E-state index contributed by atoms with van der Waals surface area (Å²) >= 11 is 0. The Hall–Kier alpha value is -1.55. The maximum absolute atomic E-state index is 5.47. The summed E-state index contributed by atoms with van der Waals surface area (Å²) < 4.78 is 5.47. The minimum absolute atomic E-state index is 0.430. The number of ether oxygens (including phenoxy) is 1. The van der Waals surface area contributed by atoms with E-state index < -0.39 is 0 Å². The number of guanidine groups is 1. The molecule has 0 aliphatic heterocycles. The Bertz CT molecular complexity index is 441. The lowest BCUT2D eigenvalue weighted by Crippen LogP contribution is -2.40. The summed E-state index contributed by atoms with van der Waals surface area (Å²) in [6.45, 7) is 5.51. The van der Waals surface area contributed by atoms with Crippen molar-refractivity contribution >= 4 is 5.96 Å². The number of rotatable bonds is 8. The fraction of sp³-hybridized carbons (Fsp3) is 0.588. The summed E-state index contributed by atoms with van der Waals surface area (Å²) in [6, 6.07) is 10.4. The van der Waals surface area contributed by atoms with Gasteiger partial charge >= 0.3 is 0 Å². The van der Waals surface area contributed by atoms with E-state index in [1.807, 2.05) is 20.0 Å². The van der Waals surface area contributed by atoms with Gasteiger partial charge in [-0.2, -0.15) is 0 Å². The zero-order chi connectivity index (χ0) is 15.0. The van der Waals surface area contributed by atoms with Crippen molar-refractivity contribution in [3.05, 3.63) is 35.9 Å². The predicted molar refractivity (Wildman–Crippen MR) is 87.4 cm³/mol. The van der Waals surface area contributed by atoms with Crippen LogP contribution >= 0.6 is 0 Å². The van der Waals surface area contributed by atoms with Crippen molar-refractivity contribution in [1.29, 1.82) is 0 Å². The van der Waals surface area contributed by atoms with Crippen molar-refractivity contribution in [2.75, 3.05) is 26.8 Å². The summed E-state index contributed by atoms with van der Waals surface area (Å²) in [5.41, 5.74) is 1.69. The molecule has 0 heterocycles. The first-order chi connectivity index (χ1) is 10.3. The van der Waals surface area contributed by atoms with Gasteiger partial charge in [0.1, 0.15) is 0 Å². The first-order valence-electron chi connectivity index (χ1n) is 7.84. The summed E-state index contributed by atoms with van der Waals surface area (Å²) in [7, 11) is 1.82. The van der Waals surface area contributed by atoms with E-state index >= 15 is 0 Å². The van der Waals surface area contributed by atoms with Crippen LogP contribution in [0.2, 0.25) is 0 Å². The van der Waals surface area contributed by atoms with Gasteiger partial charge in [-0.3, -0.25) is 4.99 Å². The normalized spacial score (nSPS) is 16.6. The molecule has 0 radical (unpaired) electrons. The smallest absolute Gasteiger partial charge is 0.191 e. The largest absolute Gasteiger partial charge is 0.382 e. The number of hydrogen-bond donors (Lipinski definition) is 2. The van der Waals surface area contributed by atoms with E-state index in [1.165, 1.54) is 18.4 Å². The molecule has 2 rings (SSSR count). The quantitative estimate of drug-likeness (QED) is 0.439. The Labute approximate surface area is 128 Å². The zero-order valence-electron chi connectivity index (χ0n) is 13.2. The van der Waals surface area contributed by atoms with Crippen molar-refractivity contribution in [3.8, 4) is 0 Å². The third-order valence-corrected chi connectivity index (χ3v) is 4.10. The third kappa shape index (κ3) is 5.38. The fourth-order valence-electron chi connectivity index (χ4n) is 2.40. The molecule has 1 aromatic carbocycles. The highest BCUT2D eigenvalue weighted by Gasteiger charge is 2.41. The molecule has 21 heavy (non-hydrogen) atoms. The SMILES string of the molecule is CCOCCC1(CNC(=NC)NCc2ccccc2)CC1.